The van der Waals surface area contributed by atoms with E-state index in [9.17, 15) is 24.4 Å². The SMILES string of the molecule is C[C@@H]1C[C@H]2[C@@H]3CCC4=CC(=O)C=C[C@]4(C)[C@@]3(F)[C@@H](O)C[C@]2(C)[C@@]1(O)C(=O)COP(=O)(O)O.Cl.[NaH].[NaH].[Zn]. The van der Waals surface area contributed by atoms with Crippen LogP contribution in [0.2, 0.25) is 0 Å². The van der Waals surface area contributed by atoms with E-state index in [1.165, 1.54) is 18.2 Å². The largest absolute Gasteiger partial charge is 0 e. The second kappa shape index (κ2) is 12.3. The van der Waals surface area contributed by atoms with Crippen LogP contribution in [0.25, 0.3) is 0 Å². The van der Waals surface area contributed by atoms with Crippen LogP contribution in [0.1, 0.15) is 46.5 Å². The van der Waals surface area contributed by atoms with Crippen molar-refractivity contribution in [2.75, 3.05) is 6.61 Å². The van der Waals surface area contributed by atoms with Crippen LogP contribution in [0.4, 0.5) is 4.39 Å². The van der Waals surface area contributed by atoms with Gasteiger partial charge in [-0.2, -0.15) is 0 Å². The Morgan fingerprint density at radius 2 is 1.83 bits per heavy atom. The molecule has 0 aromatic carbocycles. The van der Waals surface area contributed by atoms with Gasteiger partial charge < -0.3 is 20.0 Å². The first kappa shape index (κ1) is 37.7. The van der Waals surface area contributed by atoms with Gasteiger partial charge in [0, 0.05) is 36.2 Å². The Kier molecular flexibility index (Phi) is 12.9. The maximum Gasteiger partial charge on any atom is 0 e. The van der Waals surface area contributed by atoms with Gasteiger partial charge in [0.1, 0.15) is 12.2 Å². The minimum Gasteiger partial charge on any atom is 0 e. The minimum absolute atomic E-state index is 0. The van der Waals surface area contributed by atoms with E-state index in [2.05, 4.69) is 4.52 Å². The molecule has 36 heavy (non-hydrogen) atoms. The predicted octanol–water partition coefficient (Wildman–Crippen LogP) is 1.14. The number of ketones is 2. The van der Waals surface area contributed by atoms with Gasteiger partial charge in [0.2, 0.25) is 0 Å². The fourth-order valence-electron chi connectivity index (χ4n) is 7.39. The molecule has 0 saturated heterocycles. The molecule has 4 rings (SSSR count). The molecule has 8 nitrogen and oxygen atoms in total. The van der Waals surface area contributed by atoms with E-state index in [1.54, 1.807) is 20.8 Å². The molecule has 3 fully saturated rings. The molecular weight excluding hydrogens is 589 g/mol. The third-order valence-corrected chi connectivity index (χ3v) is 9.48. The van der Waals surface area contributed by atoms with Crippen molar-refractivity contribution in [1.29, 1.82) is 0 Å². The van der Waals surface area contributed by atoms with Crippen LogP contribution in [0, 0.1) is 28.6 Å². The number of rotatable bonds is 4. The van der Waals surface area contributed by atoms with E-state index in [1.807, 2.05) is 0 Å². The summed E-state index contributed by atoms with van der Waals surface area (Å²) < 4.78 is 32.5. The molecule has 0 amide bonds. The predicted molar refractivity (Wildman–Crippen MR) is 132 cm³/mol. The third-order valence-electron chi connectivity index (χ3n) is 9.01. The number of carbonyl (C=O) groups is 2. The zero-order chi connectivity index (χ0) is 23.9. The molecule has 0 spiro atoms. The number of hydrogen-bond donors (Lipinski definition) is 4. The van der Waals surface area contributed by atoms with Gasteiger partial charge in [-0.15, -0.1) is 12.4 Å². The number of aliphatic hydroxyl groups excluding tert-OH is 1. The summed E-state index contributed by atoms with van der Waals surface area (Å²) in [7, 11) is -4.93. The summed E-state index contributed by atoms with van der Waals surface area (Å²) in [6.07, 6.45) is 3.70. The summed E-state index contributed by atoms with van der Waals surface area (Å²) in [5.74, 6) is -2.87. The van der Waals surface area contributed by atoms with Gasteiger partial charge in [-0.05, 0) is 56.6 Å². The summed E-state index contributed by atoms with van der Waals surface area (Å²) in [6.45, 7) is 4.00. The van der Waals surface area contributed by atoms with Gasteiger partial charge >= 0.3 is 66.9 Å². The molecule has 4 aliphatic rings. The molecule has 4 N–H and O–H groups in total. The molecule has 8 atom stereocenters. The van der Waals surface area contributed by atoms with Crippen molar-refractivity contribution in [3.63, 3.8) is 0 Å². The van der Waals surface area contributed by atoms with Gasteiger partial charge in [0.15, 0.2) is 17.2 Å². The first-order chi connectivity index (χ1) is 14.6. The number of aliphatic hydroxyl groups is 2. The molecule has 0 unspecified atom stereocenters. The Bertz CT molecular complexity index is 997. The summed E-state index contributed by atoms with van der Waals surface area (Å²) in [4.78, 5) is 42.8. The second-order valence-electron chi connectivity index (χ2n) is 10.4. The van der Waals surface area contributed by atoms with Crippen LogP contribution < -0.4 is 0 Å². The van der Waals surface area contributed by atoms with Crippen LogP contribution in [0.15, 0.2) is 23.8 Å². The molecule has 0 heterocycles. The molecule has 0 bridgehead atoms. The molecule has 0 aromatic rings. The van der Waals surface area contributed by atoms with Crippen LogP contribution in [0.3, 0.4) is 0 Å². The van der Waals surface area contributed by atoms with Gasteiger partial charge in [0.25, 0.3) is 0 Å². The van der Waals surface area contributed by atoms with Gasteiger partial charge in [-0.1, -0.05) is 25.5 Å². The molecule has 0 radical (unpaired) electrons. The van der Waals surface area contributed by atoms with E-state index in [4.69, 9.17) is 9.79 Å². The van der Waals surface area contributed by atoms with Gasteiger partial charge in [-0.25, -0.2) is 8.96 Å². The number of alkyl halides is 1. The zero-order valence-corrected chi connectivity index (χ0v) is 24.1. The van der Waals surface area contributed by atoms with E-state index in [0.29, 0.717) is 24.8 Å². The maximum atomic E-state index is 17.0. The molecule has 4 aliphatic carbocycles. The Balaban J connectivity index is 0.00000306. The van der Waals surface area contributed by atoms with Crippen LogP contribution in [-0.2, 0) is 38.2 Å². The van der Waals surface area contributed by atoms with Crippen LogP contribution >= 0.6 is 20.2 Å². The summed E-state index contributed by atoms with van der Waals surface area (Å²) in [5, 5.41) is 22.8. The summed E-state index contributed by atoms with van der Waals surface area (Å²) in [5.41, 5.74) is -5.88. The Morgan fingerprint density at radius 3 is 2.39 bits per heavy atom. The fraction of sp³-hybridized carbons (Fsp3) is 0.727. The summed E-state index contributed by atoms with van der Waals surface area (Å²) >= 11 is 0. The van der Waals surface area contributed by atoms with Crippen molar-refractivity contribution in [1.82, 2.24) is 0 Å². The fourth-order valence-corrected chi connectivity index (χ4v) is 7.68. The molecule has 3 saturated carbocycles. The topological polar surface area (TPSA) is 141 Å². The quantitative estimate of drug-likeness (QED) is 0.271. The van der Waals surface area contributed by atoms with Gasteiger partial charge in [0.05, 0.1) is 6.10 Å². The number of fused-ring (bicyclic) bond motifs is 5. The van der Waals surface area contributed by atoms with Crippen LogP contribution in [-0.4, -0.2) is 115 Å². The van der Waals surface area contributed by atoms with Crippen molar-refractivity contribution in [3.8, 4) is 0 Å². The van der Waals surface area contributed by atoms with E-state index in [-0.39, 0.29) is 103 Å². The normalized spacial score (nSPS) is 42.7. The number of phosphoric acid groups is 1. The summed E-state index contributed by atoms with van der Waals surface area (Å²) in [6, 6.07) is 0. The number of phosphoric ester groups is 1. The minimum atomic E-state index is -4.93. The molecule has 0 aliphatic heterocycles. The van der Waals surface area contributed by atoms with E-state index < -0.39 is 66.2 Å². The van der Waals surface area contributed by atoms with E-state index in [0.717, 1.165) is 0 Å². The van der Waals surface area contributed by atoms with Crippen molar-refractivity contribution in [3.05, 3.63) is 23.8 Å². The van der Waals surface area contributed by atoms with E-state index >= 15 is 4.39 Å². The number of hydrogen-bond acceptors (Lipinski definition) is 6. The average molecular weight is 622 g/mol. The van der Waals surface area contributed by atoms with Crippen LogP contribution in [0.5, 0.6) is 0 Å². The van der Waals surface area contributed by atoms with Crippen molar-refractivity contribution >= 4 is 90.9 Å². The smallest absolute Gasteiger partial charge is 0 e. The van der Waals surface area contributed by atoms with Gasteiger partial charge in [-0.3, -0.25) is 14.1 Å². The number of Topliss-reactive ketones (excluding diaryl/α,β-unsaturated/α-hetero) is 1. The zero-order valence-electron chi connectivity index (χ0n) is 19.4. The molecule has 14 heteroatoms. The number of carbonyl (C=O) groups excluding carboxylic acids is 2. The first-order valence-electron chi connectivity index (χ1n) is 10.9. The Labute approximate surface area is 273 Å². The van der Waals surface area contributed by atoms with Crippen molar-refractivity contribution in [2.24, 2.45) is 28.6 Å². The molecule has 192 valence electrons. The van der Waals surface area contributed by atoms with Crippen molar-refractivity contribution < 1.29 is 62.5 Å². The standard InChI is InChI=1S/C22H30FO8P.ClH.2Na.Zn.2H/c1-12-8-16-15-5-4-13-9-14(24)6-7-19(13,2)21(15,23)17(25)10-20(16,3)22(12,27)18(26)11-31-32(28,29)30;;;;;;/h6-7,9,12,15-17,25,27H,4-5,8,10-11H2,1-3H3,(H2,28,29,30);1H;;;;;/t12-,15+,16+,17+,19+,20+,21+,22+;;;;;;/m1....../s1. The third kappa shape index (κ3) is 5.34. The second-order valence-corrected chi connectivity index (χ2v) is 11.6. The number of halogens is 2. The first-order valence-corrected chi connectivity index (χ1v) is 12.4. The Morgan fingerprint density at radius 1 is 1.25 bits per heavy atom. The Hall–Kier alpha value is 1.69. The van der Waals surface area contributed by atoms with Crippen molar-refractivity contribution in [2.45, 2.75) is 63.8 Å². The number of allylic oxidation sites excluding steroid dienone is 4. The average Bonchev–Trinajstić information content (AvgIpc) is 2.89. The molecular formula is C22H33ClFNa2O8PZn. The maximum absolute atomic E-state index is 17.0. The monoisotopic (exact) mass is 620 g/mol. The molecule has 0 aromatic heterocycles.